The van der Waals surface area contributed by atoms with E-state index in [1.54, 1.807) is 7.11 Å². The second-order valence-corrected chi connectivity index (χ2v) is 6.06. The van der Waals surface area contributed by atoms with Crippen LogP contribution in [-0.2, 0) is 24.4 Å². The molecule has 3 heterocycles. The molecule has 2 aromatic heterocycles. The Kier molecular flexibility index (Phi) is 3.68. The third-order valence-electron chi connectivity index (χ3n) is 3.70. The molecule has 5 heteroatoms. The third-order valence-corrected chi connectivity index (χ3v) is 4.70. The minimum atomic E-state index is 0.210. The van der Waals surface area contributed by atoms with Gasteiger partial charge in [-0.25, -0.2) is 0 Å². The molecule has 4 nitrogen and oxygen atoms in total. The first-order valence-electron chi connectivity index (χ1n) is 6.55. The van der Waals surface area contributed by atoms with Crippen molar-refractivity contribution in [3.05, 3.63) is 39.8 Å². The minimum Gasteiger partial charge on any atom is -0.378 e. The maximum Gasteiger partial charge on any atom is 0.0894 e. The zero-order chi connectivity index (χ0) is 13.2. The van der Waals surface area contributed by atoms with Gasteiger partial charge in [0.05, 0.1) is 18.3 Å². The molecule has 19 heavy (non-hydrogen) atoms. The summed E-state index contributed by atoms with van der Waals surface area (Å²) in [6.45, 7) is 5.92. The van der Waals surface area contributed by atoms with Crippen LogP contribution < -0.4 is 0 Å². The van der Waals surface area contributed by atoms with E-state index in [0.717, 1.165) is 26.2 Å². The largest absolute Gasteiger partial charge is 0.378 e. The number of rotatable bonds is 3. The van der Waals surface area contributed by atoms with Gasteiger partial charge >= 0.3 is 0 Å². The zero-order valence-corrected chi connectivity index (χ0v) is 12.2. The predicted octanol–water partition coefficient (Wildman–Crippen LogP) is 2.28. The van der Waals surface area contributed by atoms with Crippen LogP contribution in [0.4, 0.5) is 0 Å². The van der Waals surface area contributed by atoms with Crippen molar-refractivity contribution in [1.29, 1.82) is 0 Å². The van der Waals surface area contributed by atoms with Gasteiger partial charge in [0.2, 0.25) is 0 Å². The smallest absolute Gasteiger partial charge is 0.0894 e. The van der Waals surface area contributed by atoms with Gasteiger partial charge in [0.1, 0.15) is 0 Å². The molecule has 2 aromatic rings. The van der Waals surface area contributed by atoms with Crippen LogP contribution in [0.15, 0.2) is 23.7 Å². The van der Waals surface area contributed by atoms with Crippen LogP contribution in [-0.4, -0.2) is 34.4 Å². The highest BCUT2D eigenvalue weighted by molar-refractivity contribution is 7.10. The maximum atomic E-state index is 5.58. The van der Waals surface area contributed by atoms with Gasteiger partial charge < -0.3 is 4.74 Å². The van der Waals surface area contributed by atoms with E-state index in [9.17, 15) is 0 Å². The lowest BCUT2D eigenvalue weighted by Crippen LogP contribution is -2.32. The molecular formula is C14H19N3OS. The fourth-order valence-electron chi connectivity index (χ4n) is 2.53. The van der Waals surface area contributed by atoms with Gasteiger partial charge in [-0.2, -0.15) is 5.10 Å². The highest BCUT2D eigenvalue weighted by Gasteiger charge is 2.22. The number of aromatic nitrogens is 2. The van der Waals surface area contributed by atoms with Gasteiger partial charge in [0.25, 0.3) is 0 Å². The SMILES string of the molecule is COC1CN(Cc2sccc2C)Cc2ccnn2C1. The number of hydrogen-bond acceptors (Lipinski definition) is 4. The molecule has 0 saturated heterocycles. The van der Waals surface area contributed by atoms with E-state index in [0.29, 0.717) is 0 Å². The molecule has 1 atom stereocenters. The number of nitrogens with zero attached hydrogens (tertiary/aromatic N) is 3. The summed E-state index contributed by atoms with van der Waals surface area (Å²) >= 11 is 1.84. The molecule has 1 unspecified atom stereocenters. The molecule has 0 aliphatic carbocycles. The standard InChI is InChI=1S/C14H19N3OS/c1-11-4-6-19-14(11)10-16-7-12-3-5-15-17(12)9-13(8-16)18-2/h3-6,13H,7-10H2,1-2H3. The van der Waals surface area contributed by atoms with Gasteiger partial charge in [0, 0.05) is 37.8 Å². The first-order chi connectivity index (χ1) is 9.26. The fourth-order valence-corrected chi connectivity index (χ4v) is 3.48. The molecule has 0 fully saturated rings. The van der Waals surface area contributed by atoms with E-state index in [4.69, 9.17) is 4.74 Å². The summed E-state index contributed by atoms with van der Waals surface area (Å²) in [7, 11) is 1.79. The Labute approximate surface area is 117 Å². The van der Waals surface area contributed by atoms with E-state index in [2.05, 4.69) is 39.1 Å². The number of aryl methyl sites for hydroxylation is 1. The molecular weight excluding hydrogens is 258 g/mol. The normalized spacial score (nSPS) is 20.2. The third kappa shape index (κ3) is 2.73. The van der Waals surface area contributed by atoms with Crippen LogP contribution >= 0.6 is 11.3 Å². The van der Waals surface area contributed by atoms with Crippen LogP contribution in [0.1, 0.15) is 16.1 Å². The van der Waals surface area contributed by atoms with E-state index in [1.807, 2.05) is 17.5 Å². The molecule has 102 valence electrons. The van der Waals surface area contributed by atoms with Crippen LogP contribution in [0.25, 0.3) is 0 Å². The van der Waals surface area contributed by atoms with Gasteiger partial charge in [-0.3, -0.25) is 9.58 Å². The average molecular weight is 277 g/mol. The Balaban J connectivity index is 1.80. The van der Waals surface area contributed by atoms with Crippen molar-refractivity contribution in [1.82, 2.24) is 14.7 Å². The van der Waals surface area contributed by atoms with Gasteiger partial charge in [-0.15, -0.1) is 11.3 Å². The zero-order valence-electron chi connectivity index (χ0n) is 11.4. The number of methoxy groups -OCH3 is 1. The first-order valence-corrected chi connectivity index (χ1v) is 7.43. The Hall–Kier alpha value is -1.17. The molecule has 0 N–H and O–H groups in total. The summed E-state index contributed by atoms with van der Waals surface area (Å²) < 4.78 is 7.64. The number of thiophene rings is 1. The van der Waals surface area contributed by atoms with Crippen molar-refractivity contribution < 1.29 is 4.74 Å². The molecule has 1 aliphatic heterocycles. The summed E-state index contributed by atoms with van der Waals surface area (Å²) in [5.74, 6) is 0. The molecule has 1 aliphatic rings. The van der Waals surface area contributed by atoms with Gasteiger partial charge in [-0.1, -0.05) is 0 Å². The highest BCUT2D eigenvalue weighted by Crippen LogP contribution is 2.21. The topological polar surface area (TPSA) is 30.3 Å². The molecule has 0 amide bonds. The van der Waals surface area contributed by atoms with Crippen LogP contribution in [0.3, 0.4) is 0 Å². The molecule has 3 rings (SSSR count). The monoisotopic (exact) mass is 277 g/mol. The number of ether oxygens (including phenoxy) is 1. The Morgan fingerprint density at radius 2 is 2.32 bits per heavy atom. The molecule has 0 radical (unpaired) electrons. The molecule has 0 spiro atoms. The van der Waals surface area contributed by atoms with E-state index < -0.39 is 0 Å². The maximum absolute atomic E-state index is 5.58. The lowest BCUT2D eigenvalue weighted by Gasteiger charge is -2.22. The summed E-state index contributed by atoms with van der Waals surface area (Å²) in [6, 6.07) is 4.29. The van der Waals surface area contributed by atoms with E-state index >= 15 is 0 Å². The predicted molar refractivity (Wildman–Crippen MR) is 76.2 cm³/mol. The van der Waals surface area contributed by atoms with Crippen molar-refractivity contribution in [3.8, 4) is 0 Å². The summed E-state index contributed by atoms with van der Waals surface area (Å²) in [4.78, 5) is 3.90. The number of hydrogen-bond donors (Lipinski definition) is 0. The van der Waals surface area contributed by atoms with Crippen molar-refractivity contribution in [2.75, 3.05) is 13.7 Å². The average Bonchev–Trinajstić information content (AvgIpc) is 2.95. The van der Waals surface area contributed by atoms with Crippen LogP contribution in [0.5, 0.6) is 0 Å². The Bertz CT molecular complexity index is 548. The van der Waals surface area contributed by atoms with Crippen molar-refractivity contribution in [2.45, 2.75) is 32.7 Å². The quantitative estimate of drug-likeness (QED) is 0.862. The van der Waals surface area contributed by atoms with Crippen LogP contribution in [0.2, 0.25) is 0 Å². The van der Waals surface area contributed by atoms with E-state index in [-0.39, 0.29) is 6.10 Å². The Morgan fingerprint density at radius 3 is 3.05 bits per heavy atom. The summed E-state index contributed by atoms with van der Waals surface area (Å²) in [6.07, 6.45) is 2.09. The molecule has 0 saturated carbocycles. The first kappa shape index (κ1) is 12.8. The fraction of sp³-hybridized carbons (Fsp3) is 0.500. The summed E-state index contributed by atoms with van der Waals surface area (Å²) in [5, 5.41) is 6.54. The van der Waals surface area contributed by atoms with Gasteiger partial charge in [-0.05, 0) is 30.0 Å². The van der Waals surface area contributed by atoms with Gasteiger partial charge in [0.15, 0.2) is 0 Å². The van der Waals surface area contributed by atoms with E-state index in [1.165, 1.54) is 16.1 Å². The lowest BCUT2D eigenvalue weighted by molar-refractivity contribution is 0.0550. The molecule has 0 aromatic carbocycles. The second-order valence-electron chi connectivity index (χ2n) is 5.06. The lowest BCUT2D eigenvalue weighted by atomic mass is 10.2. The minimum absolute atomic E-state index is 0.210. The highest BCUT2D eigenvalue weighted by atomic mass is 32.1. The van der Waals surface area contributed by atoms with Crippen molar-refractivity contribution in [2.24, 2.45) is 0 Å². The number of fused-ring (bicyclic) bond motifs is 1. The van der Waals surface area contributed by atoms with Crippen LogP contribution in [0, 0.1) is 6.92 Å². The Morgan fingerprint density at radius 1 is 1.42 bits per heavy atom. The second kappa shape index (κ2) is 5.45. The van der Waals surface area contributed by atoms with Crippen molar-refractivity contribution in [3.63, 3.8) is 0 Å². The summed E-state index contributed by atoms with van der Waals surface area (Å²) in [5.41, 5.74) is 2.66. The van der Waals surface area contributed by atoms with Crippen molar-refractivity contribution >= 4 is 11.3 Å². The molecule has 0 bridgehead atoms.